The summed E-state index contributed by atoms with van der Waals surface area (Å²) in [6.45, 7) is 11.6. The zero-order valence-corrected chi connectivity index (χ0v) is 41.6. The minimum atomic E-state index is -1.66. The van der Waals surface area contributed by atoms with Gasteiger partial charge in [-0.1, -0.05) is 141 Å². The minimum Gasteiger partial charge on any atom is -0.381 e. The van der Waals surface area contributed by atoms with Crippen molar-refractivity contribution < 1.29 is 38.6 Å². The highest BCUT2D eigenvalue weighted by atomic mass is 127. The van der Waals surface area contributed by atoms with Crippen LogP contribution in [0.4, 0.5) is 0 Å². The number of morpholine rings is 1. The molecule has 1 saturated heterocycles. The van der Waals surface area contributed by atoms with E-state index in [1.807, 2.05) is 146 Å². The minimum absolute atomic E-state index is 0.0156. The number of Topliss-reactive ketones (excluding diaryl/α,β-unsaturated/α-hetero) is 1. The van der Waals surface area contributed by atoms with Crippen molar-refractivity contribution in [1.82, 2.24) is 31.1 Å². The summed E-state index contributed by atoms with van der Waals surface area (Å²) in [6, 6.07) is 23.9. The molecule has 14 nitrogen and oxygen atoms in total. The number of ketones is 1. The summed E-state index contributed by atoms with van der Waals surface area (Å²) in [5.41, 5.74) is 0.958. The zero-order valence-electron chi connectivity index (χ0n) is 39.5. The molecule has 3 aromatic carbocycles. The fourth-order valence-electron chi connectivity index (χ4n) is 8.06. The van der Waals surface area contributed by atoms with E-state index in [1.165, 1.54) is 6.92 Å². The van der Waals surface area contributed by atoms with Gasteiger partial charge in [-0.15, -0.1) is 0 Å². The number of amides is 5. The number of hydrogen-bond acceptors (Lipinski definition) is 9. The average Bonchev–Trinajstić information content (AvgIpc) is 3.30. The van der Waals surface area contributed by atoms with Gasteiger partial charge in [0, 0.05) is 37.4 Å². The maximum atomic E-state index is 14.5. The second kappa shape index (κ2) is 27.2. The molecule has 3 aromatic rings. The number of aliphatic hydroxyl groups is 1. The van der Waals surface area contributed by atoms with Crippen LogP contribution in [0.25, 0.3) is 0 Å². The molecule has 1 fully saturated rings. The van der Waals surface area contributed by atoms with E-state index in [4.69, 9.17) is 4.74 Å². The van der Waals surface area contributed by atoms with Gasteiger partial charge in [-0.25, -0.2) is 0 Å². The number of nitrogens with zero attached hydrogens (tertiary/aromatic N) is 2. The van der Waals surface area contributed by atoms with Crippen molar-refractivity contribution in [2.24, 2.45) is 11.8 Å². The third kappa shape index (κ3) is 17.8. The van der Waals surface area contributed by atoms with Gasteiger partial charge in [0.1, 0.15) is 23.7 Å². The van der Waals surface area contributed by atoms with E-state index in [-0.39, 0.29) is 66.7 Å². The van der Waals surface area contributed by atoms with Crippen LogP contribution in [-0.2, 0) is 46.3 Å². The van der Waals surface area contributed by atoms with E-state index in [0.717, 1.165) is 16.7 Å². The fraction of sp³-hybridized carbons (Fsp3) is 0.529. The van der Waals surface area contributed by atoms with Crippen LogP contribution in [0, 0.1) is 11.8 Å². The molecule has 1 unspecified atom stereocenters. The number of carbonyl (C=O) groups excluding carboxylic acids is 6. The Morgan fingerprint density at radius 3 is 1.79 bits per heavy atom. The van der Waals surface area contributed by atoms with Gasteiger partial charge >= 0.3 is 0 Å². The highest BCUT2D eigenvalue weighted by Crippen LogP contribution is 2.26. The molecule has 4 rings (SSSR count). The van der Waals surface area contributed by atoms with Crippen molar-refractivity contribution in [3.63, 3.8) is 0 Å². The lowest BCUT2D eigenvalue weighted by Gasteiger charge is -2.33. The molecule has 1 aliphatic rings. The Balaban J connectivity index is 1.52. The maximum Gasteiger partial charge on any atom is 0.245 e. The summed E-state index contributed by atoms with van der Waals surface area (Å²) >= 11 is 1.94. The van der Waals surface area contributed by atoms with Crippen molar-refractivity contribution in [1.29, 1.82) is 0 Å². The topological polar surface area (TPSA) is 186 Å². The number of alkyl halides is 1. The first-order chi connectivity index (χ1) is 31.5. The van der Waals surface area contributed by atoms with E-state index in [2.05, 4.69) is 21.3 Å². The smallest absolute Gasteiger partial charge is 0.245 e. The van der Waals surface area contributed by atoms with Gasteiger partial charge in [0.05, 0.1) is 31.8 Å². The highest BCUT2D eigenvalue weighted by molar-refractivity contribution is 14.1. The van der Waals surface area contributed by atoms with E-state index >= 15 is 0 Å². The third-order valence-corrected chi connectivity index (χ3v) is 13.2. The molecule has 5 amide bonds. The molecular formula is C51H71IN6O8. The standard InChI is InChI=1S/C51H71IN6O8/c1-35(2)30-41(47(61)51(5,65)34-52)55-49(63)43(32-38-18-12-8-13-19-38)56-48(62)42(31-36(3)4)54-45(59)25-24-44(39-20-14-9-15-21-39)57(6)50(64)40(23-22-37-16-10-7-11-17-37)53-46(60)33-58-26-28-66-29-27-58/h7-21,35-36,40-44,65H,22-34H2,1-6H3,(H,53,60)(H,54,59)(H,55,63)(H,56,62)/t40-,41-,42-,43-,44?,51+/m0/s1. The number of halogens is 1. The molecule has 5 N–H and O–H groups in total. The fourth-order valence-corrected chi connectivity index (χ4v) is 8.43. The monoisotopic (exact) mass is 1020 g/mol. The Morgan fingerprint density at radius 2 is 1.21 bits per heavy atom. The quantitative estimate of drug-likeness (QED) is 0.0548. The Morgan fingerprint density at radius 1 is 0.697 bits per heavy atom. The van der Waals surface area contributed by atoms with Crippen LogP contribution in [0.1, 0.15) is 89.5 Å². The van der Waals surface area contributed by atoms with E-state index < -0.39 is 59.3 Å². The van der Waals surface area contributed by atoms with Crippen molar-refractivity contribution in [3.05, 3.63) is 108 Å². The summed E-state index contributed by atoms with van der Waals surface area (Å²) in [5.74, 6) is -2.59. The van der Waals surface area contributed by atoms with Crippen LogP contribution >= 0.6 is 22.6 Å². The molecule has 0 aromatic heterocycles. The van der Waals surface area contributed by atoms with Gasteiger partial charge in [-0.2, -0.15) is 0 Å². The second-order valence-corrected chi connectivity index (χ2v) is 19.2. The summed E-state index contributed by atoms with van der Waals surface area (Å²) in [6.07, 6.45) is 1.79. The predicted octanol–water partition coefficient (Wildman–Crippen LogP) is 4.96. The largest absolute Gasteiger partial charge is 0.381 e. The molecule has 0 saturated carbocycles. The summed E-state index contributed by atoms with van der Waals surface area (Å²) in [4.78, 5) is 87.3. The molecule has 1 aliphatic heterocycles. The number of nitrogens with one attached hydrogen (secondary N) is 4. The van der Waals surface area contributed by atoms with Crippen molar-refractivity contribution in [2.75, 3.05) is 44.3 Å². The van der Waals surface area contributed by atoms with Gasteiger partial charge in [0.2, 0.25) is 29.5 Å². The molecule has 0 spiro atoms. The van der Waals surface area contributed by atoms with E-state index in [0.29, 0.717) is 39.1 Å². The first kappa shape index (κ1) is 53.9. The van der Waals surface area contributed by atoms with Crippen LogP contribution in [0.15, 0.2) is 91.0 Å². The lowest BCUT2D eigenvalue weighted by molar-refractivity contribution is -0.139. The molecular weight excluding hydrogens is 951 g/mol. The molecule has 0 aliphatic carbocycles. The molecule has 1 heterocycles. The lowest BCUT2D eigenvalue weighted by atomic mass is 9.91. The zero-order chi connectivity index (χ0) is 48.2. The first-order valence-corrected chi connectivity index (χ1v) is 24.7. The number of likely N-dealkylation sites (N-methyl/N-ethyl adjacent to an activating group) is 1. The third-order valence-electron chi connectivity index (χ3n) is 11.7. The van der Waals surface area contributed by atoms with Crippen molar-refractivity contribution in [3.8, 4) is 0 Å². The van der Waals surface area contributed by atoms with Crippen LogP contribution in [0.5, 0.6) is 0 Å². The summed E-state index contributed by atoms with van der Waals surface area (Å²) in [7, 11) is 1.69. The van der Waals surface area contributed by atoms with Gasteiger partial charge in [0.25, 0.3) is 0 Å². The molecule has 0 radical (unpaired) electrons. The van der Waals surface area contributed by atoms with E-state index in [9.17, 15) is 33.9 Å². The number of hydrogen-bond donors (Lipinski definition) is 5. The van der Waals surface area contributed by atoms with Crippen LogP contribution in [-0.4, -0.2) is 124 Å². The normalized spacial score (nSPS) is 16.2. The Bertz CT molecular complexity index is 2000. The SMILES string of the molecule is CC(C)C[C@H](NC(=O)CCC(c1ccccc1)N(C)C(=O)[C@H](CCc1ccccc1)NC(=O)CN1CCOCC1)C(=O)N[C@@H](Cc1ccccc1)C(=O)N[C@@H](CC(C)C)C(=O)[C@](C)(O)CI. The van der Waals surface area contributed by atoms with Crippen LogP contribution in [0.3, 0.4) is 0 Å². The highest BCUT2D eigenvalue weighted by Gasteiger charge is 2.38. The van der Waals surface area contributed by atoms with Gasteiger partial charge in [0.15, 0.2) is 5.78 Å². The van der Waals surface area contributed by atoms with Crippen molar-refractivity contribution in [2.45, 2.75) is 115 Å². The number of carbonyl (C=O) groups is 6. The molecule has 0 bridgehead atoms. The number of rotatable bonds is 26. The number of benzene rings is 3. The van der Waals surface area contributed by atoms with Crippen molar-refractivity contribution >= 4 is 57.9 Å². The predicted molar refractivity (Wildman–Crippen MR) is 265 cm³/mol. The molecule has 6 atom stereocenters. The maximum absolute atomic E-state index is 14.5. The van der Waals surface area contributed by atoms with Gasteiger partial charge in [-0.05, 0) is 67.6 Å². The number of ether oxygens (including phenoxy) is 1. The van der Waals surface area contributed by atoms with Gasteiger partial charge < -0.3 is 36.0 Å². The first-order valence-electron chi connectivity index (χ1n) is 23.2. The van der Waals surface area contributed by atoms with Crippen LogP contribution < -0.4 is 21.3 Å². The number of aryl methyl sites for hydroxylation is 1. The second-order valence-electron chi connectivity index (χ2n) is 18.4. The summed E-state index contributed by atoms with van der Waals surface area (Å²) in [5, 5.41) is 22.5. The Labute approximate surface area is 404 Å². The van der Waals surface area contributed by atoms with Gasteiger partial charge in [-0.3, -0.25) is 33.7 Å². The Hall–Kier alpha value is -4.71. The average molecular weight is 1020 g/mol. The Kier molecular flexibility index (Phi) is 22.2. The lowest BCUT2D eigenvalue weighted by Crippen LogP contribution is -2.58. The molecule has 15 heteroatoms. The van der Waals surface area contributed by atoms with Crippen LogP contribution in [0.2, 0.25) is 0 Å². The summed E-state index contributed by atoms with van der Waals surface area (Å²) < 4.78 is 5.58. The molecule has 66 heavy (non-hydrogen) atoms. The van der Waals surface area contributed by atoms with E-state index in [1.54, 1.807) is 11.9 Å². The molecule has 360 valence electrons.